The average molecular weight is 343 g/mol. The first kappa shape index (κ1) is 19.7. The molecule has 23 heavy (non-hydrogen) atoms. The van der Waals surface area contributed by atoms with E-state index >= 15 is 0 Å². The molecule has 6 heteroatoms. The standard InChI is InChI=1S/C17H30N2O3S/c1-5-8-10-18-14(20)9-11-19-15(21)12-13(16(19)22)23-17(4,6-2)7-3/h12,21-22H,5-11H2,1-4H3,(H,18,20). The number of unbranched alkanes of at least 4 members (excludes halogenated alkanes) is 1. The summed E-state index contributed by atoms with van der Waals surface area (Å²) in [6, 6.07) is 1.58. The molecule has 132 valence electrons. The lowest BCUT2D eigenvalue weighted by atomic mass is 10.1. The van der Waals surface area contributed by atoms with Gasteiger partial charge in [0.2, 0.25) is 11.8 Å². The zero-order valence-electron chi connectivity index (χ0n) is 14.7. The lowest BCUT2D eigenvalue weighted by Gasteiger charge is -2.25. The normalized spacial score (nSPS) is 11.7. The first-order valence-electron chi connectivity index (χ1n) is 8.44. The van der Waals surface area contributed by atoms with Crippen molar-refractivity contribution in [2.75, 3.05) is 6.54 Å². The van der Waals surface area contributed by atoms with E-state index in [2.05, 4.69) is 33.0 Å². The fourth-order valence-electron chi connectivity index (χ4n) is 2.16. The van der Waals surface area contributed by atoms with Crippen LogP contribution >= 0.6 is 11.8 Å². The van der Waals surface area contributed by atoms with Gasteiger partial charge in [-0.2, -0.15) is 0 Å². The van der Waals surface area contributed by atoms with Crippen molar-refractivity contribution in [2.45, 2.75) is 76.0 Å². The molecule has 1 heterocycles. The van der Waals surface area contributed by atoms with Gasteiger partial charge >= 0.3 is 0 Å². The molecular formula is C17H30N2O3S. The molecule has 0 aliphatic heterocycles. The first-order valence-corrected chi connectivity index (χ1v) is 9.25. The predicted molar refractivity (Wildman–Crippen MR) is 95.1 cm³/mol. The topological polar surface area (TPSA) is 74.5 Å². The van der Waals surface area contributed by atoms with E-state index < -0.39 is 0 Å². The van der Waals surface area contributed by atoms with Gasteiger partial charge in [0, 0.05) is 30.3 Å². The summed E-state index contributed by atoms with van der Waals surface area (Å²) in [4.78, 5) is 12.4. The van der Waals surface area contributed by atoms with Crippen LogP contribution in [0.1, 0.15) is 59.8 Å². The Bertz CT molecular complexity index is 510. The molecule has 0 atom stereocenters. The van der Waals surface area contributed by atoms with Crippen LogP contribution in [0.3, 0.4) is 0 Å². The maximum atomic E-state index is 11.7. The summed E-state index contributed by atoms with van der Waals surface area (Å²) >= 11 is 1.57. The summed E-state index contributed by atoms with van der Waals surface area (Å²) in [6.45, 7) is 9.39. The van der Waals surface area contributed by atoms with Crippen molar-refractivity contribution >= 4 is 17.7 Å². The number of carbonyl (C=O) groups is 1. The van der Waals surface area contributed by atoms with E-state index in [1.165, 1.54) is 4.57 Å². The number of thioether (sulfide) groups is 1. The van der Waals surface area contributed by atoms with Crippen LogP contribution in [-0.2, 0) is 11.3 Å². The third-order valence-corrected chi connectivity index (χ3v) is 5.87. The zero-order chi connectivity index (χ0) is 17.5. The van der Waals surface area contributed by atoms with Crippen LogP contribution in [0, 0.1) is 0 Å². The van der Waals surface area contributed by atoms with E-state index in [-0.39, 0.29) is 35.4 Å². The highest BCUT2D eigenvalue weighted by molar-refractivity contribution is 8.00. The number of carbonyl (C=O) groups excluding carboxylic acids is 1. The second kappa shape index (κ2) is 9.11. The third kappa shape index (κ3) is 5.68. The number of nitrogens with one attached hydrogen (secondary N) is 1. The molecule has 0 bridgehead atoms. The maximum absolute atomic E-state index is 11.7. The molecule has 5 nitrogen and oxygen atoms in total. The highest BCUT2D eigenvalue weighted by atomic mass is 32.2. The minimum Gasteiger partial charge on any atom is -0.494 e. The van der Waals surface area contributed by atoms with Gasteiger partial charge in [0.05, 0.1) is 4.90 Å². The van der Waals surface area contributed by atoms with Crippen LogP contribution in [-0.4, -0.2) is 32.0 Å². The Morgan fingerprint density at radius 3 is 2.52 bits per heavy atom. The number of aromatic nitrogens is 1. The van der Waals surface area contributed by atoms with Crippen molar-refractivity contribution in [1.29, 1.82) is 0 Å². The van der Waals surface area contributed by atoms with Crippen LogP contribution in [0.2, 0.25) is 0 Å². The Hall–Kier alpha value is -1.30. The highest BCUT2D eigenvalue weighted by Crippen LogP contribution is 2.44. The van der Waals surface area contributed by atoms with Gasteiger partial charge < -0.3 is 15.5 Å². The number of nitrogens with zero attached hydrogens (tertiary/aromatic N) is 1. The minimum absolute atomic E-state index is 0.000847. The molecular weight excluding hydrogens is 312 g/mol. The van der Waals surface area contributed by atoms with Gasteiger partial charge in [-0.1, -0.05) is 34.1 Å². The van der Waals surface area contributed by atoms with Gasteiger partial charge in [-0.05, 0) is 19.3 Å². The summed E-state index contributed by atoms with van der Waals surface area (Å²) in [7, 11) is 0. The second-order valence-electron chi connectivity index (χ2n) is 6.05. The van der Waals surface area contributed by atoms with Crippen molar-refractivity contribution in [3.63, 3.8) is 0 Å². The number of aromatic hydroxyl groups is 2. The van der Waals surface area contributed by atoms with E-state index in [4.69, 9.17) is 0 Å². The molecule has 0 aromatic carbocycles. The molecule has 1 rings (SSSR count). The van der Waals surface area contributed by atoms with Gasteiger partial charge in [0.25, 0.3) is 0 Å². The molecule has 0 radical (unpaired) electrons. The number of rotatable bonds is 10. The number of hydrogen-bond acceptors (Lipinski definition) is 4. The lowest BCUT2D eigenvalue weighted by Crippen LogP contribution is -2.25. The Balaban J connectivity index is 2.69. The fourth-order valence-corrected chi connectivity index (χ4v) is 3.35. The van der Waals surface area contributed by atoms with E-state index in [9.17, 15) is 15.0 Å². The molecule has 1 aromatic heterocycles. The largest absolute Gasteiger partial charge is 0.494 e. The molecule has 0 saturated heterocycles. The molecule has 0 saturated carbocycles. The summed E-state index contributed by atoms with van der Waals surface area (Å²) in [5.41, 5.74) is 0. The van der Waals surface area contributed by atoms with Crippen molar-refractivity contribution in [2.24, 2.45) is 0 Å². The fraction of sp³-hybridized carbons (Fsp3) is 0.706. The molecule has 0 aliphatic rings. The molecule has 0 fully saturated rings. The van der Waals surface area contributed by atoms with Crippen molar-refractivity contribution in [3.8, 4) is 11.8 Å². The monoisotopic (exact) mass is 342 g/mol. The van der Waals surface area contributed by atoms with Gasteiger partial charge in [0.15, 0.2) is 5.88 Å². The van der Waals surface area contributed by atoms with Gasteiger partial charge in [-0.3, -0.25) is 9.36 Å². The zero-order valence-corrected chi connectivity index (χ0v) is 15.5. The van der Waals surface area contributed by atoms with E-state index in [1.54, 1.807) is 17.8 Å². The van der Waals surface area contributed by atoms with Gasteiger partial charge in [-0.15, -0.1) is 11.8 Å². The Kier molecular flexibility index (Phi) is 7.82. The van der Waals surface area contributed by atoms with Crippen molar-refractivity contribution in [1.82, 2.24) is 9.88 Å². The minimum atomic E-state index is -0.0629. The molecule has 0 unspecified atom stereocenters. The summed E-state index contributed by atoms with van der Waals surface area (Å²) < 4.78 is 1.42. The molecule has 0 aliphatic carbocycles. The van der Waals surface area contributed by atoms with Crippen LogP contribution in [0.15, 0.2) is 11.0 Å². The van der Waals surface area contributed by atoms with Crippen LogP contribution in [0.5, 0.6) is 11.8 Å². The first-order chi connectivity index (χ1) is 10.9. The van der Waals surface area contributed by atoms with E-state index in [1.807, 2.05) is 0 Å². The quantitative estimate of drug-likeness (QED) is 0.446. The Morgan fingerprint density at radius 2 is 1.96 bits per heavy atom. The lowest BCUT2D eigenvalue weighted by molar-refractivity contribution is -0.121. The SMILES string of the molecule is CCCCNC(=O)CCn1c(O)cc(SC(C)(CC)CC)c1O. The summed E-state index contributed by atoms with van der Waals surface area (Å²) in [6.07, 6.45) is 4.17. The van der Waals surface area contributed by atoms with Crippen LogP contribution in [0.4, 0.5) is 0 Å². The van der Waals surface area contributed by atoms with E-state index in [0.29, 0.717) is 11.4 Å². The van der Waals surface area contributed by atoms with Crippen molar-refractivity contribution < 1.29 is 15.0 Å². The predicted octanol–water partition coefficient (Wildman–Crippen LogP) is 3.88. The Morgan fingerprint density at radius 1 is 1.30 bits per heavy atom. The maximum Gasteiger partial charge on any atom is 0.221 e. The molecule has 0 spiro atoms. The molecule has 3 N–H and O–H groups in total. The van der Waals surface area contributed by atoms with Crippen LogP contribution in [0.25, 0.3) is 0 Å². The molecule has 1 aromatic rings. The second-order valence-corrected chi connectivity index (χ2v) is 7.68. The average Bonchev–Trinajstić information content (AvgIpc) is 2.79. The highest BCUT2D eigenvalue weighted by Gasteiger charge is 2.25. The smallest absolute Gasteiger partial charge is 0.221 e. The number of amides is 1. The molecule has 1 amide bonds. The van der Waals surface area contributed by atoms with Crippen molar-refractivity contribution in [3.05, 3.63) is 6.07 Å². The summed E-state index contributed by atoms with van der Waals surface area (Å²) in [5.74, 6) is -0.0185. The van der Waals surface area contributed by atoms with Gasteiger partial charge in [-0.25, -0.2) is 0 Å². The summed E-state index contributed by atoms with van der Waals surface area (Å²) in [5, 5.41) is 23.2. The number of hydrogen-bond donors (Lipinski definition) is 3. The van der Waals surface area contributed by atoms with Gasteiger partial charge in [0.1, 0.15) is 0 Å². The van der Waals surface area contributed by atoms with Crippen LogP contribution < -0.4 is 5.32 Å². The Labute approximate surface area is 143 Å². The third-order valence-electron chi connectivity index (χ3n) is 4.28. The van der Waals surface area contributed by atoms with E-state index in [0.717, 1.165) is 25.7 Å².